The summed E-state index contributed by atoms with van der Waals surface area (Å²) >= 11 is 7.04. The van der Waals surface area contributed by atoms with Gasteiger partial charge in [-0.25, -0.2) is 5.10 Å². The van der Waals surface area contributed by atoms with Gasteiger partial charge in [0.1, 0.15) is 0 Å². The lowest BCUT2D eigenvalue weighted by molar-refractivity contribution is 0.702. The Balaban J connectivity index is 1.86. The molecule has 90 valence electrons. The molecule has 2 heterocycles. The van der Waals surface area contributed by atoms with Crippen LogP contribution in [-0.4, -0.2) is 21.8 Å². The van der Waals surface area contributed by atoms with Crippen LogP contribution >= 0.6 is 23.6 Å². The molecule has 0 radical (unpaired) electrons. The third-order valence-electron chi connectivity index (χ3n) is 2.91. The van der Waals surface area contributed by atoms with Crippen LogP contribution in [0.15, 0.2) is 17.5 Å². The molecule has 0 aromatic carbocycles. The van der Waals surface area contributed by atoms with E-state index in [1.807, 2.05) is 0 Å². The number of thiophene rings is 1. The van der Waals surface area contributed by atoms with Crippen LogP contribution in [0, 0.1) is 4.77 Å². The Kier molecular flexibility index (Phi) is 2.76. The van der Waals surface area contributed by atoms with Crippen molar-refractivity contribution >= 4 is 29.5 Å². The van der Waals surface area contributed by atoms with E-state index < -0.39 is 0 Å². The molecule has 0 bridgehead atoms. The zero-order valence-electron chi connectivity index (χ0n) is 9.59. The summed E-state index contributed by atoms with van der Waals surface area (Å²) in [5.74, 6) is 0.950. The second-order valence-corrected chi connectivity index (χ2v) is 5.78. The third-order valence-corrected chi connectivity index (χ3v) is 4.06. The highest BCUT2D eigenvalue weighted by Crippen LogP contribution is 2.37. The summed E-state index contributed by atoms with van der Waals surface area (Å²) in [6, 6.07) is 4.78. The molecule has 0 unspecified atom stereocenters. The molecule has 4 nitrogen and oxygen atoms in total. The smallest absolute Gasteiger partial charge is 0.226 e. The van der Waals surface area contributed by atoms with Crippen molar-refractivity contribution in [1.82, 2.24) is 14.8 Å². The van der Waals surface area contributed by atoms with Gasteiger partial charge in [0.2, 0.25) is 5.95 Å². The van der Waals surface area contributed by atoms with Crippen molar-refractivity contribution in [2.75, 3.05) is 11.9 Å². The molecule has 3 rings (SSSR count). The summed E-state index contributed by atoms with van der Waals surface area (Å²) in [6.07, 6.45) is 2.43. The van der Waals surface area contributed by atoms with Gasteiger partial charge in [-0.2, -0.15) is 0 Å². The highest BCUT2D eigenvalue weighted by atomic mass is 32.1. The lowest BCUT2D eigenvalue weighted by Crippen LogP contribution is -2.20. The summed E-state index contributed by atoms with van der Waals surface area (Å²) in [6.45, 7) is 0.879. The van der Waals surface area contributed by atoms with Crippen LogP contribution in [0.2, 0.25) is 0 Å². The number of anilines is 1. The van der Waals surface area contributed by atoms with E-state index in [0.29, 0.717) is 6.04 Å². The molecule has 2 aromatic rings. The molecular formula is C11H14N4S2. The topological polar surface area (TPSA) is 36.9 Å². The Hall–Kier alpha value is -1.14. The zero-order valence-corrected chi connectivity index (χ0v) is 11.2. The fraction of sp³-hybridized carbons (Fsp3) is 0.455. The Morgan fingerprint density at radius 1 is 1.65 bits per heavy atom. The number of aromatic amines is 1. The van der Waals surface area contributed by atoms with Crippen molar-refractivity contribution in [2.24, 2.45) is 0 Å². The van der Waals surface area contributed by atoms with Crippen LogP contribution in [0.5, 0.6) is 0 Å². The van der Waals surface area contributed by atoms with Gasteiger partial charge in [0, 0.05) is 18.0 Å². The van der Waals surface area contributed by atoms with Gasteiger partial charge in [-0.1, -0.05) is 6.07 Å². The standard InChI is InChI=1S/C11H14N4S2/c1-14(7-9-3-2-6-17-9)10-12-13-11(16)15(10)8-4-5-8/h2-3,6,8H,4-5,7H2,1H3,(H,13,16). The van der Waals surface area contributed by atoms with E-state index in [1.165, 1.54) is 17.7 Å². The maximum Gasteiger partial charge on any atom is 0.226 e. The second kappa shape index (κ2) is 4.27. The van der Waals surface area contributed by atoms with E-state index in [-0.39, 0.29) is 0 Å². The van der Waals surface area contributed by atoms with Gasteiger partial charge in [0.25, 0.3) is 0 Å². The number of nitrogens with zero attached hydrogens (tertiary/aromatic N) is 3. The maximum atomic E-state index is 5.28. The van der Waals surface area contributed by atoms with Gasteiger partial charge in [0.15, 0.2) is 4.77 Å². The van der Waals surface area contributed by atoms with Crippen molar-refractivity contribution in [3.05, 3.63) is 27.2 Å². The van der Waals surface area contributed by atoms with E-state index in [4.69, 9.17) is 12.2 Å². The second-order valence-electron chi connectivity index (χ2n) is 4.37. The molecule has 0 amide bonds. The summed E-state index contributed by atoms with van der Waals surface area (Å²) in [5.41, 5.74) is 0. The van der Waals surface area contributed by atoms with Crippen LogP contribution in [0.4, 0.5) is 5.95 Å². The van der Waals surface area contributed by atoms with E-state index >= 15 is 0 Å². The molecule has 0 aliphatic heterocycles. The predicted octanol–water partition coefficient (Wildman–Crippen LogP) is 2.97. The van der Waals surface area contributed by atoms with Gasteiger partial charge in [-0.15, -0.1) is 16.4 Å². The highest BCUT2D eigenvalue weighted by molar-refractivity contribution is 7.71. The first kappa shape index (κ1) is 11.0. The molecule has 17 heavy (non-hydrogen) atoms. The minimum absolute atomic E-state index is 0.557. The average molecular weight is 266 g/mol. The van der Waals surface area contributed by atoms with Crippen LogP contribution in [0.25, 0.3) is 0 Å². The Labute approximate surface area is 109 Å². The lowest BCUT2D eigenvalue weighted by atomic mass is 10.4. The van der Waals surface area contributed by atoms with Gasteiger partial charge < -0.3 is 4.90 Å². The van der Waals surface area contributed by atoms with Crippen LogP contribution in [0.3, 0.4) is 0 Å². The molecular weight excluding hydrogens is 252 g/mol. The summed E-state index contributed by atoms with van der Waals surface area (Å²) in [7, 11) is 2.06. The minimum Gasteiger partial charge on any atom is -0.339 e. The quantitative estimate of drug-likeness (QED) is 0.864. The monoisotopic (exact) mass is 266 g/mol. The van der Waals surface area contributed by atoms with Crippen LogP contribution in [-0.2, 0) is 6.54 Å². The summed E-state index contributed by atoms with van der Waals surface area (Å²) in [4.78, 5) is 3.49. The molecule has 1 fully saturated rings. The largest absolute Gasteiger partial charge is 0.339 e. The first-order chi connectivity index (χ1) is 8.25. The van der Waals surface area contributed by atoms with Gasteiger partial charge in [0.05, 0.1) is 6.54 Å². The SMILES string of the molecule is CN(Cc1cccs1)c1n[nH]c(=S)n1C1CC1. The molecule has 1 N–H and O–H groups in total. The van der Waals surface area contributed by atoms with Crippen molar-refractivity contribution in [1.29, 1.82) is 0 Å². The van der Waals surface area contributed by atoms with Gasteiger partial charge in [-0.3, -0.25) is 4.57 Å². The zero-order chi connectivity index (χ0) is 11.8. The first-order valence-electron chi connectivity index (χ1n) is 5.66. The van der Waals surface area contributed by atoms with Crippen molar-refractivity contribution < 1.29 is 0 Å². The maximum absolute atomic E-state index is 5.28. The van der Waals surface area contributed by atoms with Crippen molar-refractivity contribution in [2.45, 2.75) is 25.4 Å². The average Bonchev–Trinajstić information content (AvgIpc) is 2.86. The number of hydrogen-bond acceptors (Lipinski definition) is 4. The molecule has 0 saturated heterocycles. The molecule has 1 saturated carbocycles. The minimum atomic E-state index is 0.557. The molecule has 0 spiro atoms. The van der Waals surface area contributed by atoms with E-state index in [0.717, 1.165) is 17.3 Å². The number of H-pyrrole nitrogens is 1. The van der Waals surface area contributed by atoms with Crippen molar-refractivity contribution in [3.63, 3.8) is 0 Å². The summed E-state index contributed by atoms with van der Waals surface area (Å²) < 4.78 is 2.88. The number of rotatable bonds is 4. The normalized spacial score (nSPS) is 15.1. The van der Waals surface area contributed by atoms with Crippen molar-refractivity contribution in [3.8, 4) is 0 Å². The van der Waals surface area contributed by atoms with E-state index in [9.17, 15) is 0 Å². The highest BCUT2D eigenvalue weighted by Gasteiger charge is 2.28. The third kappa shape index (κ3) is 2.14. The lowest BCUT2D eigenvalue weighted by Gasteiger charge is -2.17. The number of hydrogen-bond donors (Lipinski definition) is 1. The molecule has 1 aliphatic rings. The Bertz CT molecular complexity index is 550. The molecule has 2 aromatic heterocycles. The molecule has 6 heteroatoms. The fourth-order valence-electron chi connectivity index (χ4n) is 1.93. The van der Waals surface area contributed by atoms with Crippen LogP contribution < -0.4 is 4.90 Å². The van der Waals surface area contributed by atoms with Gasteiger partial charge >= 0.3 is 0 Å². The molecule has 0 atom stereocenters. The fourth-order valence-corrected chi connectivity index (χ4v) is 2.97. The summed E-state index contributed by atoms with van der Waals surface area (Å²) in [5, 5.41) is 9.33. The predicted molar refractivity (Wildman–Crippen MR) is 72.1 cm³/mol. The Morgan fingerprint density at radius 3 is 3.12 bits per heavy atom. The van der Waals surface area contributed by atoms with Crippen LogP contribution in [0.1, 0.15) is 23.8 Å². The molecule has 1 aliphatic carbocycles. The Morgan fingerprint density at radius 2 is 2.47 bits per heavy atom. The van der Waals surface area contributed by atoms with Gasteiger partial charge in [-0.05, 0) is 36.5 Å². The number of aromatic nitrogens is 3. The number of nitrogens with one attached hydrogen (secondary N) is 1. The van der Waals surface area contributed by atoms with E-state index in [2.05, 4.69) is 44.2 Å². The first-order valence-corrected chi connectivity index (χ1v) is 6.95. The van der Waals surface area contributed by atoms with E-state index in [1.54, 1.807) is 11.3 Å².